The lowest BCUT2D eigenvalue weighted by atomic mass is 9.72. The van der Waals surface area contributed by atoms with Crippen LogP contribution in [0.5, 0.6) is 0 Å². The summed E-state index contributed by atoms with van der Waals surface area (Å²) in [5.41, 5.74) is 1.60. The van der Waals surface area contributed by atoms with Gasteiger partial charge in [-0.3, -0.25) is 9.59 Å². The highest BCUT2D eigenvalue weighted by Crippen LogP contribution is 2.39. The van der Waals surface area contributed by atoms with Crippen molar-refractivity contribution in [3.8, 4) is 5.69 Å². The third-order valence-electron chi connectivity index (χ3n) is 6.80. The molecular formula is C22H29Cl2N5O2. The van der Waals surface area contributed by atoms with E-state index >= 15 is 0 Å². The molecule has 2 bridgehead atoms. The van der Waals surface area contributed by atoms with Crippen molar-refractivity contribution in [2.24, 2.45) is 11.8 Å². The average molecular weight is 466 g/mol. The Kier molecular flexibility index (Phi) is 7.62. The molecule has 0 unspecified atom stereocenters. The maximum absolute atomic E-state index is 12.8. The van der Waals surface area contributed by atoms with Gasteiger partial charge in [-0.15, -0.1) is 24.8 Å². The van der Waals surface area contributed by atoms with E-state index in [0.29, 0.717) is 36.4 Å². The number of carbonyl (C=O) groups is 2. The van der Waals surface area contributed by atoms with E-state index in [1.807, 2.05) is 35.0 Å². The third kappa shape index (κ3) is 4.59. The average Bonchev–Trinajstić information content (AvgIpc) is 3.29. The largest absolute Gasteiger partial charge is 0.350 e. The van der Waals surface area contributed by atoms with Crippen molar-refractivity contribution in [1.29, 1.82) is 0 Å². The fraction of sp³-hybridized carbons (Fsp3) is 0.500. The van der Waals surface area contributed by atoms with Crippen LogP contribution in [0.15, 0.2) is 43.0 Å². The number of hydrogen-bond acceptors (Lipinski definition) is 4. The smallest absolute Gasteiger partial charge is 0.251 e. The molecule has 3 aliphatic heterocycles. The van der Waals surface area contributed by atoms with Crippen molar-refractivity contribution < 1.29 is 9.59 Å². The molecule has 2 aromatic rings. The topological polar surface area (TPSA) is 79.3 Å². The second-order valence-corrected chi connectivity index (χ2v) is 8.47. The van der Waals surface area contributed by atoms with Crippen molar-refractivity contribution in [2.75, 3.05) is 19.6 Å². The molecular weight excluding hydrogens is 437 g/mol. The molecule has 3 aliphatic rings. The van der Waals surface area contributed by atoms with Gasteiger partial charge in [-0.2, -0.15) is 0 Å². The zero-order valence-electron chi connectivity index (χ0n) is 17.3. The number of aromatic nitrogens is 2. The molecule has 3 saturated heterocycles. The predicted molar refractivity (Wildman–Crippen MR) is 123 cm³/mol. The van der Waals surface area contributed by atoms with Crippen molar-refractivity contribution in [1.82, 2.24) is 25.1 Å². The van der Waals surface area contributed by atoms with E-state index in [1.54, 1.807) is 12.5 Å². The summed E-state index contributed by atoms with van der Waals surface area (Å²) in [6, 6.07) is 7.91. The van der Waals surface area contributed by atoms with Crippen LogP contribution >= 0.6 is 24.8 Å². The highest BCUT2D eigenvalue weighted by Gasteiger charge is 2.47. The van der Waals surface area contributed by atoms with Crippen LogP contribution in [0.1, 0.15) is 36.0 Å². The minimum absolute atomic E-state index is 0. The third-order valence-corrected chi connectivity index (χ3v) is 6.80. The van der Waals surface area contributed by atoms with Crippen LogP contribution in [-0.2, 0) is 4.79 Å². The van der Waals surface area contributed by atoms with E-state index in [4.69, 9.17) is 0 Å². The first kappa shape index (κ1) is 23.6. The van der Waals surface area contributed by atoms with Crippen LogP contribution < -0.4 is 10.6 Å². The first-order valence-electron chi connectivity index (χ1n) is 10.6. The Morgan fingerprint density at radius 1 is 1.16 bits per heavy atom. The number of amides is 2. The van der Waals surface area contributed by atoms with Gasteiger partial charge in [0.05, 0.1) is 12.4 Å². The highest BCUT2D eigenvalue weighted by molar-refractivity contribution is 5.94. The molecule has 0 saturated carbocycles. The molecule has 1 aromatic carbocycles. The molecule has 31 heavy (non-hydrogen) atoms. The summed E-state index contributed by atoms with van der Waals surface area (Å²) >= 11 is 0. The van der Waals surface area contributed by atoms with Gasteiger partial charge in [-0.05, 0) is 61.9 Å². The quantitative estimate of drug-likeness (QED) is 0.726. The van der Waals surface area contributed by atoms with E-state index < -0.39 is 0 Å². The van der Waals surface area contributed by atoms with Gasteiger partial charge in [0.1, 0.15) is 0 Å². The zero-order chi connectivity index (χ0) is 19.8. The van der Waals surface area contributed by atoms with Crippen LogP contribution in [0.2, 0.25) is 0 Å². The van der Waals surface area contributed by atoms with Gasteiger partial charge < -0.3 is 20.1 Å². The van der Waals surface area contributed by atoms with Crippen LogP contribution in [0.4, 0.5) is 0 Å². The standard InChI is InChI=1S/C22H27N5O2.2ClH/c28-21-3-1-2-19-16-10-17(12-24-11-16)20(27(19)21)13-25-22(29)15-4-6-18(7-5-15)26-9-8-23-14-26;;/h4-9,14,16-17,19-20,24H,1-3,10-13H2,(H,25,29);2*1H/t16-,17+,19+,20+;;/m1../s1. The molecule has 0 spiro atoms. The Labute approximate surface area is 194 Å². The number of piperidine rings is 3. The van der Waals surface area contributed by atoms with Gasteiger partial charge in [-0.1, -0.05) is 0 Å². The normalized spacial score (nSPS) is 26.8. The fourth-order valence-electron chi connectivity index (χ4n) is 5.39. The van der Waals surface area contributed by atoms with Crippen molar-refractivity contribution in [3.63, 3.8) is 0 Å². The molecule has 168 valence electrons. The van der Waals surface area contributed by atoms with Crippen LogP contribution in [0.3, 0.4) is 0 Å². The molecule has 5 rings (SSSR count). The summed E-state index contributed by atoms with van der Waals surface area (Å²) in [6.07, 6.45) is 9.20. The van der Waals surface area contributed by atoms with Gasteiger partial charge in [0, 0.05) is 49.2 Å². The number of imidazole rings is 1. The molecule has 4 atom stereocenters. The molecule has 1 aromatic heterocycles. The Balaban J connectivity index is 0.00000136. The summed E-state index contributed by atoms with van der Waals surface area (Å²) in [6.45, 7) is 2.45. The van der Waals surface area contributed by atoms with E-state index in [1.165, 1.54) is 0 Å². The molecule has 9 heteroatoms. The number of nitrogens with zero attached hydrogens (tertiary/aromatic N) is 3. The van der Waals surface area contributed by atoms with Crippen LogP contribution in [0.25, 0.3) is 5.69 Å². The number of carbonyl (C=O) groups excluding carboxylic acids is 2. The number of fused-ring (bicyclic) bond motifs is 4. The van der Waals surface area contributed by atoms with Crippen molar-refractivity contribution in [3.05, 3.63) is 48.5 Å². The molecule has 0 aliphatic carbocycles. The number of rotatable bonds is 4. The SMILES string of the molecule is Cl.Cl.O=C(NC[C@H]1[C@@H]2CNC[C@@H](C2)[C@@H]2CCCC(=O)N21)c1ccc(-n2ccnc2)cc1. The minimum Gasteiger partial charge on any atom is -0.350 e. The number of halogens is 2. The second kappa shape index (κ2) is 10.0. The summed E-state index contributed by atoms with van der Waals surface area (Å²) in [5.74, 6) is 1.15. The highest BCUT2D eigenvalue weighted by atomic mass is 35.5. The molecule has 2 N–H and O–H groups in total. The van der Waals surface area contributed by atoms with Gasteiger partial charge in [0.15, 0.2) is 0 Å². The summed E-state index contributed by atoms with van der Waals surface area (Å²) in [4.78, 5) is 31.6. The Morgan fingerprint density at radius 2 is 1.94 bits per heavy atom. The Morgan fingerprint density at radius 3 is 2.68 bits per heavy atom. The van der Waals surface area contributed by atoms with E-state index in [2.05, 4.69) is 20.5 Å². The molecule has 4 heterocycles. The maximum atomic E-state index is 12.8. The Hall–Kier alpha value is -2.09. The molecule has 3 fully saturated rings. The fourth-order valence-corrected chi connectivity index (χ4v) is 5.39. The second-order valence-electron chi connectivity index (χ2n) is 8.47. The zero-order valence-corrected chi connectivity index (χ0v) is 18.9. The van der Waals surface area contributed by atoms with E-state index in [0.717, 1.165) is 38.0 Å². The molecule has 7 nitrogen and oxygen atoms in total. The van der Waals surface area contributed by atoms with Gasteiger partial charge in [0.2, 0.25) is 5.91 Å². The number of hydrogen-bond donors (Lipinski definition) is 2. The summed E-state index contributed by atoms with van der Waals surface area (Å²) in [7, 11) is 0. The molecule has 0 radical (unpaired) electrons. The van der Waals surface area contributed by atoms with Gasteiger partial charge in [0.25, 0.3) is 5.91 Å². The van der Waals surface area contributed by atoms with Crippen LogP contribution in [0, 0.1) is 11.8 Å². The van der Waals surface area contributed by atoms with Crippen LogP contribution in [-0.4, -0.2) is 58.0 Å². The lowest BCUT2D eigenvalue weighted by molar-refractivity contribution is -0.148. The van der Waals surface area contributed by atoms with Crippen molar-refractivity contribution >= 4 is 36.6 Å². The Bertz CT molecular complexity index is 890. The first-order valence-corrected chi connectivity index (χ1v) is 10.6. The predicted octanol–water partition coefficient (Wildman–Crippen LogP) is 2.43. The first-order chi connectivity index (χ1) is 14.2. The van der Waals surface area contributed by atoms with E-state index in [9.17, 15) is 9.59 Å². The van der Waals surface area contributed by atoms with E-state index in [-0.39, 0.29) is 42.7 Å². The summed E-state index contributed by atoms with van der Waals surface area (Å²) < 4.78 is 1.90. The lowest BCUT2D eigenvalue weighted by Gasteiger charge is -2.54. The van der Waals surface area contributed by atoms with Crippen molar-refractivity contribution in [2.45, 2.75) is 37.8 Å². The number of nitrogens with one attached hydrogen (secondary N) is 2. The van der Waals surface area contributed by atoms with Gasteiger partial charge in [-0.25, -0.2) is 4.98 Å². The lowest BCUT2D eigenvalue weighted by Crippen LogP contribution is -2.66. The maximum Gasteiger partial charge on any atom is 0.251 e. The molecule has 2 amide bonds. The number of benzene rings is 1. The monoisotopic (exact) mass is 465 g/mol. The minimum atomic E-state index is -0.0888. The summed E-state index contributed by atoms with van der Waals surface area (Å²) in [5, 5.41) is 6.65. The van der Waals surface area contributed by atoms with Gasteiger partial charge >= 0.3 is 0 Å².